The highest BCUT2D eigenvalue weighted by atomic mass is 79.9. The first-order valence-electron chi connectivity index (χ1n) is 5.31. The number of anilines is 1. The molecule has 1 aromatic carbocycles. The number of aryl methyl sites for hydroxylation is 2. The first-order chi connectivity index (χ1) is 8.06. The zero-order valence-electron chi connectivity index (χ0n) is 9.68. The molecule has 0 aliphatic carbocycles. The molecule has 0 atom stereocenters. The Bertz CT molecular complexity index is 515. The van der Waals surface area contributed by atoms with Gasteiger partial charge in [0.25, 0.3) is 0 Å². The summed E-state index contributed by atoms with van der Waals surface area (Å²) in [5, 5.41) is 3.43. The molecule has 0 aliphatic heterocycles. The van der Waals surface area contributed by atoms with E-state index < -0.39 is 0 Å². The second kappa shape index (κ2) is 5.55. The number of thiophene rings is 1. The Balaban J connectivity index is 2.04. The van der Waals surface area contributed by atoms with E-state index in [2.05, 4.69) is 75.3 Å². The van der Waals surface area contributed by atoms with E-state index in [1.54, 1.807) is 0 Å². The Hall–Kier alpha value is -0.320. The first kappa shape index (κ1) is 13.1. The second-order valence-electron chi connectivity index (χ2n) is 3.93. The highest BCUT2D eigenvalue weighted by molar-refractivity contribution is 9.10. The lowest BCUT2D eigenvalue weighted by molar-refractivity contribution is 1.19. The minimum absolute atomic E-state index is 0.868. The van der Waals surface area contributed by atoms with E-state index >= 15 is 0 Å². The summed E-state index contributed by atoms with van der Waals surface area (Å²) in [5.41, 5.74) is 2.40. The predicted octanol–water partition coefficient (Wildman–Crippen LogP) is 5.50. The molecule has 0 saturated heterocycles. The summed E-state index contributed by atoms with van der Waals surface area (Å²) in [5.74, 6) is 0. The van der Waals surface area contributed by atoms with Gasteiger partial charge in [0.15, 0.2) is 0 Å². The average Bonchev–Trinajstić information content (AvgIpc) is 2.60. The Morgan fingerprint density at radius 3 is 2.47 bits per heavy atom. The summed E-state index contributed by atoms with van der Waals surface area (Å²) >= 11 is 8.90. The van der Waals surface area contributed by atoms with Crippen LogP contribution in [0.2, 0.25) is 0 Å². The number of rotatable bonds is 3. The maximum Gasteiger partial charge on any atom is 0.0494 e. The molecule has 0 radical (unpaired) electrons. The van der Waals surface area contributed by atoms with Crippen molar-refractivity contribution in [2.24, 2.45) is 0 Å². The predicted molar refractivity (Wildman–Crippen MR) is 83.0 cm³/mol. The van der Waals surface area contributed by atoms with Crippen LogP contribution in [0, 0.1) is 13.8 Å². The van der Waals surface area contributed by atoms with Gasteiger partial charge in [0, 0.05) is 30.9 Å². The molecule has 0 saturated carbocycles. The van der Waals surface area contributed by atoms with Crippen molar-refractivity contribution in [1.29, 1.82) is 0 Å². The fraction of sp³-hybridized carbons (Fsp3) is 0.231. The van der Waals surface area contributed by atoms with Gasteiger partial charge in [-0.25, -0.2) is 0 Å². The quantitative estimate of drug-likeness (QED) is 0.747. The summed E-state index contributed by atoms with van der Waals surface area (Å²) in [6.45, 7) is 5.08. The highest BCUT2D eigenvalue weighted by Crippen LogP contribution is 2.27. The second-order valence-corrected chi connectivity index (χ2v) is 6.98. The maximum absolute atomic E-state index is 3.54. The highest BCUT2D eigenvalue weighted by Gasteiger charge is 2.03. The van der Waals surface area contributed by atoms with E-state index in [9.17, 15) is 0 Å². The molecular weight excluding hydrogens is 362 g/mol. The minimum Gasteiger partial charge on any atom is -0.380 e. The van der Waals surface area contributed by atoms with E-state index in [-0.39, 0.29) is 0 Å². The van der Waals surface area contributed by atoms with E-state index in [0.29, 0.717) is 0 Å². The number of benzene rings is 1. The van der Waals surface area contributed by atoms with Crippen molar-refractivity contribution in [1.82, 2.24) is 0 Å². The Morgan fingerprint density at radius 1 is 1.12 bits per heavy atom. The van der Waals surface area contributed by atoms with Crippen LogP contribution in [0.25, 0.3) is 0 Å². The fourth-order valence-electron chi connectivity index (χ4n) is 1.50. The van der Waals surface area contributed by atoms with Crippen LogP contribution < -0.4 is 5.32 Å². The minimum atomic E-state index is 0.868. The first-order valence-corrected chi connectivity index (χ1v) is 7.71. The smallest absolute Gasteiger partial charge is 0.0494 e. The zero-order chi connectivity index (χ0) is 12.4. The molecule has 4 heteroatoms. The third-order valence-corrected chi connectivity index (χ3v) is 5.54. The number of hydrogen-bond donors (Lipinski definition) is 1. The van der Waals surface area contributed by atoms with Crippen molar-refractivity contribution in [3.05, 3.63) is 48.5 Å². The standard InChI is InChI=1S/C13H13Br2NS/c1-8-3-4-10(5-12(8)14)16-7-11-6-13(15)9(2)17-11/h3-6,16H,7H2,1-2H3. The molecule has 0 unspecified atom stereocenters. The summed E-state index contributed by atoms with van der Waals surface area (Å²) < 4.78 is 2.34. The average molecular weight is 375 g/mol. The van der Waals surface area contributed by atoms with E-state index in [4.69, 9.17) is 0 Å². The van der Waals surface area contributed by atoms with E-state index in [0.717, 1.165) is 16.7 Å². The van der Waals surface area contributed by atoms with Gasteiger partial charge in [0.2, 0.25) is 0 Å². The largest absolute Gasteiger partial charge is 0.380 e. The fourth-order valence-corrected chi connectivity index (χ4v) is 3.42. The van der Waals surface area contributed by atoms with Gasteiger partial charge >= 0.3 is 0 Å². The van der Waals surface area contributed by atoms with Gasteiger partial charge in [-0.1, -0.05) is 22.0 Å². The molecule has 1 heterocycles. The van der Waals surface area contributed by atoms with E-state index in [1.165, 1.54) is 19.8 Å². The lowest BCUT2D eigenvalue weighted by atomic mass is 10.2. The van der Waals surface area contributed by atoms with Crippen molar-refractivity contribution in [3.8, 4) is 0 Å². The van der Waals surface area contributed by atoms with Crippen molar-refractivity contribution in [2.45, 2.75) is 20.4 Å². The molecule has 0 fully saturated rings. The van der Waals surface area contributed by atoms with Crippen LogP contribution in [-0.2, 0) is 6.54 Å². The van der Waals surface area contributed by atoms with Crippen LogP contribution in [0.15, 0.2) is 33.2 Å². The molecule has 1 nitrogen and oxygen atoms in total. The van der Waals surface area contributed by atoms with Crippen molar-refractivity contribution in [2.75, 3.05) is 5.32 Å². The Morgan fingerprint density at radius 2 is 1.88 bits per heavy atom. The van der Waals surface area contributed by atoms with Gasteiger partial charge in [-0.15, -0.1) is 11.3 Å². The Labute approximate surface area is 123 Å². The zero-order valence-corrected chi connectivity index (χ0v) is 13.7. The maximum atomic E-state index is 3.54. The number of nitrogens with one attached hydrogen (secondary N) is 1. The number of halogens is 2. The van der Waals surface area contributed by atoms with Crippen LogP contribution in [0.1, 0.15) is 15.3 Å². The third kappa shape index (κ3) is 3.33. The molecule has 2 aromatic rings. The van der Waals surface area contributed by atoms with Crippen LogP contribution in [0.3, 0.4) is 0 Å². The molecule has 0 amide bonds. The van der Waals surface area contributed by atoms with Crippen molar-refractivity contribution < 1.29 is 0 Å². The third-order valence-electron chi connectivity index (χ3n) is 2.55. The van der Waals surface area contributed by atoms with Crippen molar-refractivity contribution >= 4 is 48.9 Å². The molecule has 0 spiro atoms. The van der Waals surface area contributed by atoms with Gasteiger partial charge in [-0.3, -0.25) is 0 Å². The van der Waals surface area contributed by atoms with E-state index in [1.807, 2.05) is 11.3 Å². The summed E-state index contributed by atoms with van der Waals surface area (Å²) in [6, 6.07) is 8.51. The molecule has 0 aliphatic rings. The van der Waals surface area contributed by atoms with Gasteiger partial charge in [0.1, 0.15) is 0 Å². The molecule has 1 aromatic heterocycles. The number of hydrogen-bond acceptors (Lipinski definition) is 2. The summed E-state index contributed by atoms with van der Waals surface area (Å²) in [7, 11) is 0. The van der Waals surface area contributed by atoms with Gasteiger partial charge in [-0.2, -0.15) is 0 Å². The lowest BCUT2D eigenvalue weighted by Gasteiger charge is -2.06. The summed E-state index contributed by atoms with van der Waals surface area (Å²) in [4.78, 5) is 2.66. The van der Waals surface area contributed by atoms with Gasteiger partial charge < -0.3 is 5.32 Å². The van der Waals surface area contributed by atoms with Crippen LogP contribution in [-0.4, -0.2) is 0 Å². The molecule has 1 N–H and O–H groups in total. The van der Waals surface area contributed by atoms with Crippen molar-refractivity contribution in [3.63, 3.8) is 0 Å². The topological polar surface area (TPSA) is 12.0 Å². The van der Waals surface area contributed by atoms with Crippen LogP contribution >= 0.6 is 43.2 Å². The van der Waals surface area contributed by atoms with Crippen LogP contribution in [0.4, 0.5) is 5.69 Å². The molecule has 17 heavy (non-hydrogen) atoms. The normalized spacial score (nSPS) is 10.6. The Kier molecular flexibility index (Phi) is 4.28. The SMILES string of the molecule is Cc1ccc(NCc2cc(Br)c(C)s2)cc1Br. The monoisotopic (exact) mass is 373 g/mol. The molecule has 0 bridgehead atoms. The molecule has 90 valence electrons. The molecule has 2 rings (SSSR count). The summed E-state index contributed by atoms with van der Waals surface area (Å²) in [6.07, 6.45) is 0. The van der Waals surface area contributed by atoms with Crippen LogP contribution in [0.5, 0.6) is 0 Å². The van der Waals surface area contributed by atoms with Gasteiger partial charge in [0.05, 0.1) is 0 Å². The van der Waals surface area contributed by atoms with Gasteiger partial charge in [-0.05, 0) is 53.5 Å². The lowest BCUT2D eigenvalue weighted by Crippen LogP contribution is -1.97. The molecular formula is C13H13Br2NS.